The van der Waals surface area contributed by atoms with Crippen LogP contribution in [0.25, 0.3) is 0 Å². The van der Waals surface area contributed by atoms with Crippen molar-refractivity contribution >= 4 is 23.5 Å². The van der Waals surface area contributed by atoms with Crippen LogP contribution in [0.1, 0.15) is 93.6 Å². The number of rotatable bonds is 9. The Balaban J connectivity index is 1.50. The smallest absolute Gasteiger partial charge is 0.309 e. The van der Waals surface area contributed by atoms with Crippen molar-refractivity contribution in [3.05, 3.63) is 65.2 Å². The minimum atomic E-state index is -0.779. The van der Waals surface area contributed by atoms with Gasteiger partial charge < -0.3 is 14.9 Å². The fourth-order valence-corrected chi connectivity index (χ4v) is 5.64. The molecule has 2 aromatic carbocycles. The number of carboxylic acid groups (broad SMARTS) is 1. The van der Waals surface area contributed by atoms with Crippen molar-refractivity contribution < 1.29 is 19.5 Å². The molecule has 0 spiro atoms. The number of likely N-dealkylation sites (N-methyl/N-ethyl adjacent to an activating group) is 1. The zero-order valence-electron chi connectivity index (χ0n) is 22.6. The number of para-hydroxylation sites is 1. The van der Waals surface area contributed by atoms with E-state index in [-0.39, 0.29) is 23.8 Å². The molecular formula is C31H40N2O4. The van der Waals surface area contributed by atoms with Crippen LogP contribution < -0.4 is 4.90 Å². The van der Waals surface area contributed by atoms with Crippen molar-refractivity contribution in [2.75, 3.05) is 11.4 Å². The van der Waals surface area contributed by atoms with E-state index in [0.29, 0.717) is 24.4 Å². The number of hydrogen-bond donors (Lipinski definition) is 1. The van der Waals surface area contributed by atoms with Gasteiger partial charge in [-0.3, -0.25) is 14.4 Å². The van der Waals surface area contributed by atoms with E-state index < -0.39 is 11.4 Å². The van der Waals surface area contributed by atoms with Gasteiger partial charge in [0.05, 0.1) is 11.3 Å². The van der Waals surface area contributed by atoms with Gasteiger partial charge in [0.15, 0.2) is 0 Å². The van der Waals surface area contributed by atoms with Gasteiger partial charge in [0, 0.05) is 29.9 Å². The average molecular weight is 505 g/mol. The maximum Gasteiger partial charge on any atom is 0.309 e. The number of nitrogens with zero attached hydrogens (tertiary/aromatic N) is 2. The lowest BCUT2D eigenvalue weighted by Gasteiger charge is -2.43. The highest BCUT2D eigenvalue weighted by atomic mass is 16.4. The van der Waals surface area contributed by atoms with Crippen molar-refractivity contribution in [1.82, 2.24) is 4.90 Å². The summed E-state index contributed by atoms with van der Waals surface area (Å²) < 4.78 is 0. The monoisotopic (exact) mass is 504 g/mol. The molecule has 37 heavy (non-hydrogen) atoms. The molecule has 1 N–H and O–H groups in total. The van der Waals surface area contributed by atoms with Gasteiger partial charge in [0.1, 0.15) is 0 Å². The third-order valence-corrected chi connectivity index (χ3v) is 8.29. The molecule has 2 aromatic rings. The molecule has 0 radical (unpaired) electrons. The van der Waals surface area contributed by atoms with Gasteiger partial charge in [-0.2, -0.15) is 0 Å². The van der Waals surface area contributed by atoms with Gasteiger partial charge in [0.2, 0.25) is 5.91 Å². The van der Waals surface area contributed by atoms with Crippen LogP contribution in [0.4, 0.5) is 5.69 Å². The van der Waals surface area contributed by atoms with E-state index in [4.69, 9.17) is 0 Å². The Bertz CT molecular complexity index is 1140. The average Bonchev–Trinajstić information content (AvgIpc) is 2.85. The highest BCUT2D eigenvalue weighted by Gasteiger charge is 2.40. The Morgan fingerprint density at radius 1 is 1.05 bits per heavy atom. The Hall–Kier alpha value is -3.15. The lowest BCUT2D eigenvalue weighted by atomic mass is 9.83. The van der Waals surface area contributed by atoms with Crippen LogP contribution in [-0.2, 0) is 16.0 Å². The Morgan fingerprint density at radius 2 is 1.73 bits per heavy atom. The zero-order valence-corrected chi connectivity index (χ0v) is 22.6. The minimum Gasteiger partial charge on any atom is -0.481 e. The van der Waals surface area contributed by atoms with E-state index in [1.54, 1.807) is 13.8 Å². The topological polar surface area (TPSA) is 77.9 Å². The lowest BCUT2D eigenvalue weighted by molar-refractivity contribution is -0.147. The van der Waals surface area contributed by atoms with Crippen molar-refractivity contribution in [2.45, 2.75) is 90.6 Å². The summed E-state index contributed by atoms with van der Waals surface area (Å²) in [5.74, 6) is -0.878. The molecule has 198 valence electrons. The van der Waals surface area contributed by atoms with Crippen LogP contribution in [0.2, 0.25) is 0 Å². The molecular weight excluding hydrogens is 464 g/mol. The maximum absolute atomic E-state index is 13.7. The minimum absolute atomic E-state index is 0.0595. The molecule has 2 atom stereocenters. The van der Waals surface area contributed by atoms with Crippen molar-refractivity contribution in [2.24, 2.45) is 5.41 Å². The van der Waals surface area contributed by atoms with Crippen LogP contribution in [0.15, 0.2) is 48.5 Å². The predicted molar refractivity (Wildman–Crippen MR) is 146 cm³/mol. The number of carbonyl (C=O) groups excluding carboxylic acids is 2. The summed E-state index contributed by atoms with van der Waals surface area (Å²) >= 11 is 0. The number of anilines is 1. The van der Waals surface area contributed by atoms with E-state index in [1.807, 2.05) is 65.3 Å². The fraction of sp³-hybridized carbons (Fsp3) is 0.516. The second-order valence-corrected chi connectivity index (χ2v) is 11.3. The van der Waals surface area contributed by atoms with Crippen molar-refractivity contribution in [3.63, 3.8) is 0 Å². The molecule has 6 heteroatoms. The van der Waals surface area contributed by atoms with Crippen LogP contribution in [0.3, 0.4) is 0 Å². The summed E-state index contributed by atoms with van der Waals surface area (Å²) in [4.78, 5) is 42.6. The SMILES string of the molecule is CCN(C(=O)[C@H]1C[C@H](C)N(C(=O)c2ccc(CCCC(C)(C)C(=O)O)cc2)c2ccccc21)C1CCC1. The van der Waals surface area contributed by atoms with Gasteiger partial charge >= 0.3 is 5.97 Å². The summed E-state index contributed by atoms with van der Waals surface area (Å²) in [5, 5.41) is 9.31. The maximum atomic E-state index is 13.7. The first kappa shape index (κ1) is 26.9. The second kappa shape index (κ2) is 11.1. The van der Waals surface area contributed by atoms with Gasteiger partial charge in [-0.1, -0.05) is 30.3 Å². The number of fused-ring (bicyclic) bond motifs is 1. The first-order valence-corrected chi connectivity index (χ1v) is 13.7. The highest BCUT2D eigenvalue weighted by Crippen LogP contribution is 2.41. The number of aliphatic carboxylic acids is 1. The summed E-state index contributed by atoms with van der Waals surface area (Å²) in [6, 6.07) is 15.8. The van der Waals surface area contributed by atoms with Crippen molar-refractivity contribution in [1.29, 1.82) is 0 Å². The van der Waals surface area contributed by atoms with E-state index in [1.165, 1.54) is 6.42 Å². The Labute approximate surface area is 220 Å². The molecule has 4 rings (SSSR count). The second-order valence-electron chi connectivity index (χ2n) is 11.3. The Kier molecular flexibility index (Phi) is 8.05. The normalized spacial score (nSPS) is 19.6. The largest absolute Gasteiger partial charge is 0.481 e. The van der Waals surface area contributed by atoms with E-state index in [9.17, 15) is 19.5 Å². The molecule has 1 aliphatic carbocycles. The number of amides is 2. The van der Waals surface area contributed by atoms with Crippen LogP contribution >= 0.6 is 0 Å². The molecule has 0 bridgehead atoms. The molecule has 1 saturated carbocycles. The molecule has 1 fully saturated rings. The number of carboxylic acids is 1. The molecule has 6 nitrogen and oxygen atoms in total. The number of benzene rings is 2. The fourth-order valence-electron chi connectivity index (χ4n) is 5.64. The third-order valence-electron chi connectivity index (χ3n) is 8.29. The number of hydrogen-bond acceptors (Lipinski definition) is 3. The Morgan fingerprint density at radius 3 is 2.32 bits per heavy atom. The van der Waals surface area contributed by atoms with Crippen molar-refractivity contribution in [3.8, 4) is 0 Å². The molecule has 2 aliphatic rings. The zero-order chi connectivity index (χ0) is 26.7. The van der Waals surface area contributed by atoms with Gasteiger partial charge in [-0.05, 0) is 102 Å². The molecule has 0 unspecified atom stereocenters. The van der Waals surface area contributed by atoms with Gasteiger partial charge in [0.25, 0.3) is 5.91 Å². The van der Waals surface area contributed by atoms with Crippen LogP contribution in [-0.4, -0.2) is 46.4 Å². The highest BCUT2D eigenvalue weighted by molar-refractivity contribution is 6.08. The van der Waals surface area contributed by atoms with Crippen LogP contribution in [0.5, 0.6) is 0 Å². The standard InChI is InChI=1S/C31H40N2O4/c1-5-32(24-11-8-12-24)29(35)26-20-21(2)33(27-14-7-6-13-25(26)27)28(34)23-17-15-22(16-18-23)10-9-19-31(3,4)30(36)37/h6-7,13-18,21,24,26H,5,8-12,19-20H2,1-4H3,(H,36,37)/t21-,26-/m0/s1. The van der Waals surface area contributed by atoms with Gasteiger partial charge in [-0.15, -0.1) is 0 Å². The summed E-state index contributed by atoms with van der Waals surface area (Å²) in [6.07, 6.45) is 6.11. The van der Waals surface area contributed by atoms with Crippen LogP contribution in [0, 0.1) is 5.41 Å². The first-order chi connectivity index (χ1) is 17.6. The van der Waals surface area contributed by atoms with E-state index in [0.717, 1.165) is 49.0 Å². The number of aryl methyl sites for hydroxylation is 1. The van der Waals surface area contributed by atoms with E-state index >= 15 is 0 Å². The quantitative estimate of drug-likeness (QED) is 0.451. The van der Waals surface area contributed by atoms with Gasteiger partial charge in [-0.25, -0.2) is 0 Å². The molecule has 1 heterocycles. The summed E-state index contributed by atoms with van der Waals surface area (Å²) in [7, 11) is 0. The van der Waals surface area contributed by atoms with E-state index in [2.05, 4.69) is 6.92 Å². The molecule has 1 aliphatic heterocycles. The summed E-state index contributed by atoms with van der Waals surface area (Å²) in [5.41, 5.74) is 2.74. The number of carbonyl (C=O) groups is 3. The lowest BCUT2D eigenvalue weighted by Crippen LogP contribution is -2.50. The first-order valence-electron chi connectivity index (χ1n) is 13.7. The molecule has 0 saturated heterocycles. The predicted octanol–water partition coefficient (Wildman–Crippen LogP) is 6.04. The molecule has 2 amide bonds. The molecule has 0 aromatic heterocycles. The third kappa shape index (κ3) is 5.58. The summed E-state index contributed by atoms with van der Waals surface area (Å²) in [6.45, 7) is 8.31.